The second-order valence-corrected chi connectivity index (χ2v) is 5.09. The van der Waals surface area contributed by atoms with Crippen LogP contribution in [0.2, 0.25) is 0 Å². The summed E-state index contributed by atoms with van der Waals surface area (Å²) >= 11 is 3.40. The molecule has 2 N–H and O–H groups in total. The first-order valence-electron chi connectivity index (χ1n) is 5.89. The number of aliphatic hydroxyl groups excluding tert-OH is 1. The van der Waals surface area contributed by atoms with Gasteiger partial charge in [0.25, 0.3) is 0 Å². The molecule has 6 heteroatoms. The SMILES string of the molecule is Cn1ncc(Br)c1CNCC(O)c1ccccc1F. The second-order valence-electron chi connectivity index (χ2n) is 4.23. The number of nitrogens with one attached hydrogen (secondary N) is 1. The van der Waals surface area contributed by atoms with E-state index >= 15 is 0 Å². The van der Waals surface area contributed by atoms with Gasteiger partial charge in [0.1, 0.15) is 5.82 Å². The summed E-state index contributed by atoms with van der Waals surface area (Å²) in [6.45, 7) is 0.821. The molecule has 102 valence electrons. The van der Waals surface area contributed by atoms with Crippen molar-refractivity contribution < 1.29 is 9.50 Å². The lowest BCUT2D eigenvalue weighted by Crippen LogP contribution is -2.23. The fourth-order valence-corrected chi connectivity index (χ4v) is 2.31. The predicted octanol–water partition coefficient (Wildman–Crippen LogP) is 2.14. The van der Waals surface area contributed by atoms with Crippen LogP contribution in [0.25, 0.3) is 0 Å². The van der Waals surface area contributed by atoms with Crippen LogP contribution < -0.4 is 5.32 Å². The Kier molecular flexibility index (Phi) is 4.68. The number of nitrogens with zero attached hydrogens (tertiary/aromatic N) is 2. The molecule has 19 heavy (non-hydrogen) atoms. The van der Waals surface area contributed by atoms with Crippen molar-refractivity contribution in [3.8, 4) is 0 Å². The molecule has 0 radical (unpaired) electrons. The largest absolute Gasteiger partial charge is 0.387 e. The predicted molar refractivity (Wildman–Crippen MR) is 74.0 cm³/mol. The highest BCUT2D eigenvalue weighted by Crippen LogP contribution is 2.17. The maximum absolute atomic E-state index is 13.5. The quantitative estimate of drug-likeness (QED) is 0.884. The number of hydrogen-bond donors (Lipinski definition) is 2. The van der Waals surface area contributed by atoms with E-state index in [-0.39, 0.29) is 6.54 Å². The summed E-state index contributed by atoms with van der Waals surface area (Å²) < 4.78 is 16.1. The van der Waals surface area contributed by atoms with E-state index in [0.717, 1.165) is 10.2 Å². The van der Waals surface area contributed by atoms with Crippen LogP contribution in [0.4, 0.5) is 4.39 Å². The van der Waals surface area contributed by atoms with Crippen molar-refractivity contribution in [2.75, 3.05) is 6.54 Å². The highest BCUT2D eigenvalue weighted by atomic mass is 79.9. The summed E-state index contributed by atoms with van der Waals surface area (Å²) in [6, 6.07) is 6.24. The van der Waals surface area contributed by atoms with Crippen molar-refractivity contribution in [2.24, 2.45) is 7.05 Å². The van der Waals surface area contributed by atoms with Crippen LogP contribution in [-0.2, 0) is 13.6 Å². The number of halogens is 2. The zero-order valence-corrected chi connectivity index (χ0v) is 12.1. The molecule has 0 spiro atoms. The molecule has 1 unspecified atom stereocenters. The summed E-state index contributed by atoms with van der Waals surface area (Å²) in [5, 5.41) is 17.1. The molecule has 1 heterocycles. The van der Waals surface area contributed by atoms with Crippen molar-refractivity contribution >= 4 is 15.9 Å². The number of rotatable bonds is 5. The number of hydrogen-bond acceptors (Lipinski definition) is 3. The maximum atomic E-state index is 13.5. The first-order valence-corrected chi connectivity index (χ1v) is 6.68. The minimum Gasteiger partial charge on any atom is -0.387 e. The zero-order chi connectivity index (χ0) is 13.8. The van der Waals surface area contributed by atoms with Crippen LogP contribution in [0, 0.1) is 5.82 Å². The third-order valence-corrected chi connectivity index (χ3v) is 3.57. The van der Waals surface area contributed by atoms with Gasteiger partial charge < -0.3 is 10.4 Å². The molecule has 0 bridgehead atoms. The van der Waals surface area contributed by atoms with E-state index in [9.17, 15) is 9.50 Å². The van der Waals surface area contributed by atoms with E-state index in [4.69, 9.17) is 0 Å². The number of benzene rings is 1. The minimum atomic E-state index is -0.867. The van der Waals surface area contributed by atoms with E-state index in [1.807, 2.05) is 7.05 Å². The molecule has 2 aromatic rings. The Hall–Kier alpha value is -1.24. The van der Waals surface area contributed by atoms with Gasteiger partial charge in [-0.1, -0.05) is 18.2 Å². The second kappa shape index (κ2) is 6.27. The van der Waals surface area contributed by atoms with Crippen LogP contribution in [0.5, 0.6) is 0 Å². The van der Waals surface area contributed by atoms with Gasteiger partial charge in [0.15, 0.2) is 0 Å². The molecule has 4 nitrogen and oxygen atoms in total. The third kappa shape index (κ3) is 3.40. The van der Waals surface area contributed by atoms with Crippen LogP contribution in [-0.4, -0.2) is 21.4 Å². The summed E-state index contributed by atoms with van der Waals surface area (Å²) in [5.74, 6) is -0.390. The van der Waals surface area contributed by atoms with Gasteiger partial charge in [0, 0.05) is 25.7 Å². The normalized spacial score (nSPS) is 12.6. The Labute approximate surface area is 119 Å². The van der Waals surface area contributed by atoms with Gasteiger partial charge in [-0.3, -0.25) is 4.68 Å². The lowest BCUT2D eigenvalue weighted by molar-refractivity contribution is 0.169. The molecule has 1 atom stereocenters. The average molecular weight is 328 g/mol. The first kappa shape index (κ1) is 14.2. The molecule has 0 fully saturated rings. The molecule has 0 aliphatic carbocycles. The lowest BCUT2D eigenvalue weighted by Gasteiger charge is -2.13. The molecule has 0 saturated carbocycles. The van der Waals surface area contributed by atoms with Crippen LogP contribution in [0.3, 0.4) is 0 Å². The molecule has 2 rings (SSSR count). The number of aromatic nitrogens is 2. The Morgan fingerprint density at radius 2 is 2.21 bits per heavy atom. The van der Waals surface area contributed by atoms with Crippen molar-refractivity contribution in [1.29, 1.82) is 0 Å². The van der Waals surface area contributed by atoms with Crippen molar-refractivity contribution in [3.05, 3.63) is 52.0 Å². The molecule has 0 aliphatic heterocycles. The zero-order valence-electron chi connectivity index (χ0n) is 10.5. The van der Waals surface area contributed by atoms with Crippen LogP contribution in [0.1, 0.15) is 17.4 Å². The van der Waals surface area contributed by atoms with E-state index in [1.165, 1.54) is 6.07 Å². The Balaban J connectivity index is 1.91. The lowest BCUT2D eigenvalue weighted by atomic mass is 10.1. The van der Waals surface area contributed by atoms with Gasteiger partial charge in [-0.05, 0) is 22.0 Å². The summed E-state index contributed by atoms with van der Waals surface area (Å²) in [5.41, 5.74) is 1.28. The van der Waals surface area contributed by atoms with Crippen LogP contribution >= 0.6 is 15.9 Å². The molecular formula is C13H15BrFN3O. The smallest absolute Gasteiger partial charge is 0.129 e. The fourth-order valence-electron chi connectivity index (χ4n) is 1.82. The molecule has 0 amide bonds. The Morgan fingerprint density at radius 1 is 1.47 bits per heavy atom. The summed E-state index contributed by atoms with van der Waals surface area (Å²) in [7, 11) is 1.84. The van der Waals surface area contributed by atoms with Crippen LogP contribution in [0.15, 0.2) is 34.9 Å². The number of aryl methyl sites for hydroxylation is 1. The van der Waals surface area contributed by atoms with Crippen molar-refractivity contribution in [3.63, 3.8) is 0 Å². The van der Waals surface area contributed by atoms with E-state index < -0.39 is 11.9 Å². The van der Waals surface area contributed by atoms with E-state index in [1.54, 1.807) is 29.1 Å². The molecular weight excluding hydrogens is 313 g/mol. The highest BCUT2D eigenvalue weighted by molar-refractivity contribution is 9.10. The minimum absolute atomic E-state index is 0.276. The molecule has 1 aromatic carbocycles. The topological polar surface area (TPSA) is 50.1 Å². The van der Waals surface area contributed by atoms with Crippen molar-refractivity contribution in [1.82, 2.24) is 15.1 Å². The highest BCUT2D eigenvalue weighted by Gasteiger charge is 2.12. The molecule has 0 saturated heterocycles. The van der Waals surface area contributed by atoms with Gasteiger partial charge in [0.05, 0.1) is 22.5 Å². The first-order chi connectivity index (χ1) is 9.09. The van der Waals surface area contributed by atoms with E-state index in [0.29, 0.717) is 12.1 Å². The summed E-state index contributed by atoms with van der Waals surface area (Å²) in [4.78, 5) is 0. The van der Waals surface area contributed by atoms with Crippen molar-refractivity contribution in [2.45, 2.75) is 12.6 Å². The Morgan fingerprint density at radius 3 is 2.84 bits per heavy atom. The van der Waals surface area contributed by atoms with Gasteiger partial charge in [-0.25, -0.2) is 4.39 Å². The third-order valence-electron chi connectivity index (χ3n) is 2.90. The summed E-state index contributed by atoms with van der Waals surface area (Å²) in [6.07, 6.45) is 0.845. The van der Waals surface area contributed by atoms with Gasteiger partial charge in [0.2, 0.25) is 0 Å². The molecule has 1 aromatic heterocycles. The van der Waals surface area contributed by atoms with Gasteiger partial charge >= 0.3 is 0 Å². The average Bonchev–Trinajstić information content (AvgIpc) is 2.70. The monoisotopic (exact) mass is 327 g/mol. The number of aliphatic hydroxyl groups is 1. The standard InChI is InChI=1S/C13H15BrFN3O/c1-18-12(10(14)6-17-18)7-16-8-13(19)9-4-2-3-5-11(9)15/h2-6,13,16,19H,7-8H2,1H3. The fraction of sp³-hybridized carbons (Fsp3) is 0.308. The Bertz CT molecular complexity index is 539. The maximum Gasteiger partial charge on any atom is 0.129 e. The van der Waals surface area contributed by atoms with E-state index in [2.05, 4.69) is 26.3 Å². The van der Waals surface area contributed by atoms with Gasteiger partial charge in [-0.2, -0.15) is 5.10 Å². The van der Waals surface area contributed by atoms with Gasteiger partial charge in [-0.15, -0.1) is 0 Å². The molecule has 0 aliphatic rings.